The fraction of sp³-hybridized carbons (Fsp3) is 0.174. The quantitative estimate of drug-likeness (QED) is 0.612. The summed E-state index contributed by atoms with van der Waals surface area (Å²) in [5.74, 6) is -3.13. The summed E-state index contributed by atoms with van der Waals surface area (Å²) in [6, 6.07) is 10.8. The second-order valence-electron chi connectivity index (χ2n) is 7.25. The zero-order valence-electron chi connectivity index (χ0n) is 17.2. The smallest absolute Gasteiger partial charge is 0.244 e. The molecular weight excluding hydrogens is 440 g/mol. The highest BCUT2D eigenvalue weighted by atomic mass is 35.5. The first-order valence-electron chi connectivity index (χ1n) is 9.70. The Morgan fingerprint density at radius 3 is 2.69 bits per heavy atom. The van der Waals surface area contributed by atoms with Crippen molar-refractivity contribution in [3.8, 4) is 17.0 Å². The molecule has 1 unspecified atom stereocenters. The van der Waals surface area contributed by atoms with E-state index in [9.17, 15) is 14.0 Å². The van der Waals surface area contributed by atoms with Crippen molar-refractivity contribution in [2.24, 2.45) is 0 Å². The zero-order chi connectivity index (χ0) is 23.0. The molecule has 0 saturated carbocycles. The molecule has 0 spiro atoms. The average Bonchev–Trinajstić information content (AvgIpc) is 2.87. The number of ether oxygens (including phenoxy) is 1. The van der Waals surface area contributed by atoms with Crippen LogP contribution in [0.4, 0.5) is 20.2 Å². The molecule has 2 aromatic carbocycles. The van der Waals surface area contributed by atoms with Crippen LogP contribution in [0, 0.1) is 11.6 Å². The van der Waals surface area contributed by atoms with Crippen molar-refractivity contribution in [1.82, 2.24) is 4.98 Å². The van der Waals surface area contributed by atoms with Crippen LogP contribution >= 0.6 is 11.6 Å². The summed E-state index contributed by atoms with van der Waals surface area (Å²) in [5, 5.41) is 2.42. The van der Waals surface area contributed by atoms with Crippen LogP contribution in [0.1, 0.15) is 18.4 Å². The fourth-order valence-corrected chi connectivity index (χ4v) is 3.89. The molecule has 1 aliphatic heterocycles. The molecule has 0 bridgehead atoms. The van der Waals surface area contributed by atoms with Gasteiger partial charge in [-0.05, 0) is 36.2 Å². The molecular formula is C23H18ClF2N3O3. The number of methoxy groups -OCH3 is 1. The number of hydrogen-bond donors (Lipinski definition) is 1. The molecule has 1 N–H and O–H groups in total. The van der Waals surface area contributed by atoms with E-state index in [-0.39, 0.29) is 27.8 Å². The number of halogens is 3. The Kier molecular flexibility index (Phi) is 5.80. The highest BCUT2D eigenvalue weighted by molar-refractivity contribution is 6.30. The van der Waals surface area contributed by atoms with E-state index in [1.807, 2.05) is 0 Å². The van der Waals surface area contributed by atoms with Crippen LogP contribution in [-0.4, -0.2) is 30.5 Å². The number of nitrogens with one attached hydrogen (secondary N) is 1. The monoisotopic (exact) mass is 457 g/mol. The number of pyridine rings is 1. The van der Waals surface area contributed by atoms with Crippen LogP contribution in [0.5, 0.6) is 5.88 Å². The van der Waals surface area contributed by atoms with Gasteiger partial charge in [-0.3, -0.25) is 14.5 Å². The van der Waals surface area contributed by atoms with Gasteiger partial charge in [-0.1, -0.05) is 35.9 Å². The summed E-state index contributed by atoms with van der Waals surface area (Å²) in [4.78, 5) is 31.2. The number of fused-ring (bicyclic) bond motifs is 3. The highest BCUT2D eigenvalue weighted by Crippen LogP contribution is 2.45. The molecule has 0 radical (unpaired) electrons. The Morgan fingerprint density at radius 2 is 1.97 bits per heavy atom. The molecule has 4 rings (SSSR count). The van der Waals surface area contributed by atoms with Crippen molar-refractivity contribution in [2.75, 3.05) is 23.9 Å². The van der Waals surface area contributed by atoms with Crippen molar-refractivity contribution in [2.45, 2.75) is 12.8 Å². The average molecular weight is 458 g/mol. The maximum atomic E-state index is 15.1. The van der Waals surface area contributed by atoms with Gasteiger partial charge in [0.2, 0.25) is 17.7 Å². The molecule has 3 aromatic rings. The van der Waals surface area contributed by atoms with E-state index in [4.69, 9.17) is 16.3 Å². The number of rotatable bonds is 4. The van der Waals surface area contributed by atoms with Gasteiger partial charge >= 0.3 is 0 Å². The van der Waals surface area contributed by atoms with E-state index < -0.39 is 35.9 Å². The summed E-state index contributed by atoms with van der Waals surface area (Å²) in [7, 11) is 1.39. The molecule has 0 saturated heterocycles. The number of aromatic nitrogens is 1. The second-order valence-corrected chi connectivity index (χ2v) is 7.66. The van der Waals surface area contributed by atoms with Crippen LogP contribution in [0.15, 0.2) is 48.7 Å². The number of nitrogens with zero attached hydrogens (tertiary/aromatic N) is 2. The molecule has 9 heteroatoms. The van der Waals surface area contributed by atoms with E-state index in [0.29, 0.717) is 11.1 Å². The van der Waals surface area contributed by atoms with Gasteiger partial charge in [0.1, 0.15) is 12.4 Å². The lowest BCUT2D eigenvalue weighted by Crippen LogP contribution is -2.40. The van der Waals surface area contributed by atoms with Gasteiger partial charge in [-0.25, -0.2) is 13.8 Å². The third-order valence-corrected chi connectivity index (χ3v) is 5.58. The SMILES string of the molecule is COc1ncc(F)c2c1-c1ccccc1C(C)C(=O)N2CC(=O)Nc1ccc(Cl)c(F)c1. The number of benzene rings is 2. The van der Waals surface area contributed by atoms with E-state index in [1.165, 1.54) is 19.2 Å². The van der Waals surface area contributed by atoms with Crippen LogP contribution in [-0.2, 0) is 9.59 Å². The number of anilines is 2. The van der Waals surface area contributed by atoms with Crippen LogP contribution in [0.3, 0.4) is 0 Å². The maximum absolute atomic E-state index is 15.1. The lowest BCUT2D eigenvalue weighted by atomic mass is 9.93. The predicted octanol–water partition coefficient (Wildman–Crippen LogP) is 4.78. The van der Waals surface area contributed by atoms with Gasteiger partial charge in [0.15, 0.2) is 5.82 Å². The Labute approximate surface area is 187 Å². The first-order chi connectivity index (χ1) is 15.3. The van der Waals surface area contributed by atoms with Crippen molar-refractivity contribution in [3.63, 3.8) is 0 Å². The van der Waals surface area contributed by atoms with Crippen molar-refractivity contribution >= 4 is 34.8 Å². The van der Waals surface area contributed by atoms with Gasteiger partial charge in [-0.2, -0.15) is 0 Å². The van der Waals surface area contributed by atoms with Gasteiger partial charge in [0.05, 0.1) is 35.5 Å². The van der Waals surface area contributed by atoms with Crippen LogP contribution in [0.2, 0.25) is 5.02 Å². The summed E-state index contributed by atoms with van der Waals surface area (Å²) in [5.41, 5.74) is 1.59. The van der Waals surface area contributed by atoms with E-state index in [0.717, 1.165) is 17.2 Å². The molecule has 1 atom stereocenters. The molecule has 6 nitrogen and oxygen atoms in total. The summed E-state index contributed by atoms with van der Waals surface area (Å²) >= 11 is 5.67. The summed E-state index contributed by atoms with van der Waals surface area (Å²) < 4.78 is 34.2. The van der Waals surface area contributed by atoms with E-state index >= 15 is 4.39 Å². The minimum atomic E-state index is -0.775. The van der Waals surface area contributed by atoms with Crippen molar-refractivity contribution < 1.29 is 23.1 Å². The molecule has 164 valence electrons. The first kappa shape index (κ1) is 21.7. The highest BCUT2D eigenvalue weighted by Gasteiger charge is 2.36. The van der Waals surface area contributed by atoms with Gasteiger partial charge in [0, 0.05) is 5.69 Å². The normalized spacial score (nSPS) is 15.0. The summed E-state index contributed by atoms with van der Waals surface area (Å²) in [6.07, 6.45) is 0.947. The topological polar surface area (TPSA) is 71.5 Å². The molecule has 2 heterocycles. The Bertz CT molecular complexity index is 1240. The summed E-state index contributed by atoms with van der Waals surface area (Å²) in [6.45, 7) is 1.18. The number of carbonyl (C=O) groups is 2. The first-order valence-corrected chi connectivity index (χ1v) is 10.1. The molecule has 32 heavy (non-hydrogen) atoms. The minimum absolute atomic E-state index is 0.0899. The molecule has 1 aromatic heterocycles. The van der Waals surface area contributed by atoms with Crippen molar-refractivity contribution in [1.29, 1.82) is 0 Å². The fourth-order valence-electron chi connectivity index (χ4n) is 3.78. The van der Waals surface area contributed by atoms with Gasteiger partial charge in [0.25, 0.3) is 0 Å². The maximum Gasteiger partial charge on any atom is 0.244 e. The standard InChI is InChI=1S/C23H18ClF2N3O3/c1-12-14-5-3-4-6-15(14)20-21(18(26)10-27-22(20)32-2)29(23(12)31)11-19(30)28-13-7-8-16(24)17(25)9-13/h3-10,12H,11H2,1-2H3,(H,28,30). The Morgan fingerprint density at radius 1 is 1.22 bits per heavy atom. The number of hydrogen-bond acceptors (Lipinski definition) is 4. The van der Waals surface area contributed by atoms with E-state index in [2.05, 4.69) is 10.3 Å². The van der Waals surface area contributed by atoms with Gasteiger partial charge < -0.3 is 10.1 Å². The predicted molar refractivity (Wildman–Crippen MR) is 117 cm³/mol. The van der Waals surface area contributed by atoms with Gasteiger partial charge in [-0.15, -0.1) is 0 Å². The lowest BCUT2D eigenvalue weighted by Gasteiger charge is -2.25. The van der Waals surface area contributed by atoms with E-state index in [1.54, 1.807) is 31.2 Å². The van der Waals surface area contributed by atoms with Crippen molar-refractivity contribution in [3.05, 3.63) is 70.9 Å². The van der Waals surface area contributed by atoms with Crippen LogP contribution in [0.25, 0.3) is 11.1 Å². The minimum Gasteiger partial charge on any atom is -0.480 e. The number of amides is 2. The Balaban J connectivity index is 1.78. The van der Waals surface area contributed by atoms with Crippen LogP contribution < -0.4 is 15.0 Å². The molecule has 1 aliphatic rings. The molecule has 0 aliphatic carbocycles. The third kappa shape index (κ3) is 3.78. The zero-order valence-corrected chi connectivity index (χ0v) is 17.9. The Hall–Kier alpha value is -3.52. The lowest BCUT2D eigenvalue weighted by molar-refractivity contribution is -0.122. The largest absolute Gasteiger partial charge is 0.480 e. The molecule has 0 fully saturated rings. The third-order valence-electron chi connectivity index (χ3n) is 5.27. The molecule has 2 amide bonds. The number of carbonyl (C=O) groups excluding carboxylic acids is 2. The second kappa shape index (κ2) is 8.55.